The Bertz CT molecular complexity index is 143. The molecule has 0 aromatic rings. The fourth-order valence-corrected chi connectivity index (χ4v) is 1.14. The zero-order valence-electron chi connectivity index (χ0n) is 8.60. The van der Waals surface area contributed by atoms with Gasteiger partial charge in [0.1, 0.15) is 0 Å². The lowest BCUT2D eigenvalue weighted by molar-refractivity contribution is 0.00578. The Morgan fingerprint density at radius 3 is 1.33 bits per heavy atom. The number of hydrogen-bond donors (Lipinski definition) is 1. The van der Waals surface area contributed by atoms with E-state index in [9.17, 15) is 0 Å². The Balaban J connectivity index is 0.000000561. The smallest absolute Gasteiger partial charge is 0.403 e. The first-order valence-corrected chi connectivity index (χ1v) is 4.06. The second kappa shape index (κ2) is 3.58. The zero-order chi connectivity index (χ0) is 9.99. The van der Waals surface area contributed by atoms with Crippen molar-refractivity contribution in [3.05, 3.63) is 0 Å². The van der Waals surface area contributed by atoms with Crippen LogP contribution >= 0.6 is 0 Å². The van der Waals surface area contributed by atoms with Gasteiger partial charge in [0.2, 0.25) is 0 Å². The van der Waals surface area contributed by atoms with Gasteiger partial charge >= 0.3 is 7.12 Å². The third-order valence-electron chi connectivity index (χ3n) is 2.37. The molecule has 0 aromatic carbocycles. The summed E-state index contributed by atoms with van der Waals surface area (Å²) in [7, 11) is -0.0648. The van der Waals surface area contributed by atoms with Crippen LogP contribution in [0.4, 0.5) is 0 Å². The highest BCUT2D eigenvalue weighted by Gasteiger charge is 2.48. The van der Waals surface area contributed by atoms with E-state index in [0.29, 0.717) is 0 Å². The first-order valence-electron chi connectivity index (χ1n) is 4.06. The Morgan fingerprint density at radius 2 is 1.25 bits per heavy atom. The summed E-state index contributed by atoms with van der Waals surface area (Å²) in [6, 6.07) is 0. The van der Waals surface area contributed by atoms with E-state index in [1.54, 1.807) is 0 Å². The predicted molar refractivity (Wildman–Crippen MR) is 51.8 cm³/mol. The Morgan fingerprint density at radius 1 is 1.00 bits per heavy atom. The minimum absolute atomic E-state index is 0.0648. The third-order valence-corrected chi connectivity index (χ3v) is 2.37. The van der Waals surface area contributed by atoms with Crippen LogP contribution in [0.25, 0.3) is 0 Å². The molecule has 0 aromatic heterocycles. The van der Waals surface area contributed by atoms with Crippen molar-refractivity contribution >= 4 is 13.8 Å². The van der Waals surface area contributed by atoms with Gasteiger partial charge in [-0.3, -0.25) is 0 Å². The summed E-state index contributed by atoms with van der Waals surface area (Å²) in [6.07, 6.45) is 0. The number of hydrogen-bond acceptors (Lipinski definition) is 3. The van der Waals surface area contributed by atoms with E-state index >= 15 is 0 Å². The lowest BCUT2D eigenvalue weighted by Crippen LogP contribution is -2.41. The van der Waals surface area contributed by atoms with Crippen LogP contribution in [-0.4, -0.2) is 25.0 Å². The third kappa shape index (κ3) is 2.08. The molecule has 0 radical (unpaired) electrons. The second-order valence-corrected chi connectivity index (χ2v) is 3.82. The summed E-state index contributed by atoms with van der Waals surface area (Å²) < 4.78 is 11.1. The van der Waals surface area contributed by atoms with Crippen LogP contribution in [0, 0.1) is 5.41 Å². The fourth-order valence-electron chi connectivity index (χ4n) is 1.14. The van der Waals surface area contributed by atoms with Crippen molar-refractivity contribution in [2.24, 2.45) is 0 Å². The second-order valence-electron chi connectivity index (χ2n) is 3.82. The molecule has 0 aliphatic carbocycles. The Hall–Kier alpha value is -0.345. The maximum Gasteiger partial charge on any atom is 0.454 e. The van der Waals surface area contributed by atoms with Crippen molar-refractivity contribution in [3.63, 3.8) is 0 Å². The summed E-state index contributed by atoms with van der Waals surface area (Å²) in [6.45, 7) is 12.6. The summed E-state index contributed by atoms with van der Waals surface area (Å²) in [5.41, 5.74) is -0.321. The SMILES string of the molecule is C=N.CB1OC(C)(C)C(C)(C)O1. The molecule has 0 spiro atoms. The molecule has 1 saturated heterocycles. The van der Waals surface area contributed by atoms with Crippen LogP contribution in [0.5, 0.6) is 0 Å². The van der Waals surface area contributed by atoms with Crippen molar-refractivity contribution in [2.75, 3.05) is 0 Å². The predicted octanol–water partition coefficient (Wildman–Crippen LogP) is 1.97. The van der Waals surface area contributed by atoms with E-state index in [0.717, 1.165) is 0 Å². The first kappa shape index (κ1) is 11.7. The minimum Gasteiger partial charge on any atom is -0.403 e. The van der Waals surface area contributed by atoms with Crippen molar-refractivity contribution in [3.8, 4) is 0 Å². The van der Waals surface area contributed by atoms with Crippen LogP contribution in [0.2, 0.25) is 6.82 Å². The molecule has 1 rings (SSSR count). The van der Waals surface area contributed by atoms with Crippen LogP contribution in [-0.2, 0) is 9.31 Å². The van der Waals surface area contributed by atoms with Gasteiger partial charge in [-0.05, 0) is 41.2 Å². The maximum absolute atomic E-state index is 5.54. The van der Waals surface area contributed by atoms with Gasteiger partial charge in [0.15, 0.2) is 0 Å². The van der Waals surface area contributed by atoms with E-state index < -0.39 is 0 Å². The van der Waals surface area contributed by atoms with Crippen LogP contribution in [0.1, 0.15) is 27.7 Å². The lowest BCUT2D eigenvalue weighted by Gasteiger charge is -2.32. The van der Waals surface area contributed by atoms with Gasteiger partial charge in [0, 0.05) is 0 Å². The molecule has 3 nitrogen and oxygen atoms in total. The van der Waals surface area contributed by atoms with E-state index in [-0.39, 0.29) is 18.3 Å². The molecule has 1 heterocycles. The van der Waals surface area contributed by atoms with Crippen LogP contribution in [0.3, 0.4) is 0 Å². The van der Waals surface area contributed by atoms with Gasteiger partial charge in [-0.1, -0.05) is 0 Å². The lowest BCUT2D eigenvalue weighted by atomic mass is 9.90. The quantitative estimate of drug-likeness (QED) is 0.447. The molecule has 0 saturated carbocycles. The molecule has 0 amide bonds. The van der Waals surface area contributed by atoms with Gasteiger partial charge < -0.3 is 14.7 Å². The normalized spacial score (nSPS) is 24.6. The molecule has 4 heteroatoms. The molecule has 1 N–H and O–H groups in total. The van der Waals surface area contributed by atoms with E-state index in [4.69, 9.17) is 14.7 Å². The number of rotatable bonds is 0. The van der Waals surface area contributed by atoms with E-state index in [1.807, 2.05) is 6.82 Å². The highest BCUT2D eigenvalue weighted by molar-refractivity contribution is 6.43. The standard InChI is InChI=1S/C7H15BO2.CH3N/c1-6(2)7(3,4)10-8(5)9-6;1-2/h1-5H3;2H,1H2. The Labute approximate surface area is 75.1 Å². The van der Waals surface area contributed by atoms with Crippen LogP contribution < -0.4 is 0 Å². The molecular formula is C8H18BNO2. The van der Waals surface area contributed by atoms with Gasteiger partial charge in [0.25, 0.3) is 0 Å². The summed E-state index contributed by atoms with van der Waals surface area (Å²) in [5.74, 6) is 0. The first-order chi connectivity index (χ1) is 5.35. The maximum atomic E-state index is 5.54. The van der Waals surface area contributed by atoms with Gasteiger partial charge in [-0.2, -0.15) is 0 Å². The number of nitrogens with one attached hydrogen (secondary N) is 1. The summed E-state index contributed by atoms with van der Waals surface area (Å²) in [5, 5.41) is 5.50. The fraction of sp³-hybridized carbons (Fsp3) is 0.875. The van der Waals surface area contributed by atoms with Gasteiger partial charge in [-0.25, -0.2) is 0 Å². The highest BCUT2D eigenvalue weighted by Crippen LogP contribution is 2.36. The highest BCUT2D eigenvalue weighted by atomic mass is 16.7. The van der Waals surface area contributed by atoms with Crippen molar-refractivity contribution in [2.45, 2.75) is 45.7 Å². The average molecular weight is 171 g/mol. The van der Waals surface area contributed by atoms with Crippen LogP contribution in [0.15, 0.2) is 0 Å². The molecule has 12 heavy (non-hydrogen) atoms. The molecule has 0 bridgehead atoms. The topological polar surface area (TPSA) is 42.3 Å². The van der Waals surface area contributed by atoms with Crippen molar-refractivity contribution in [1.82, 2.24) is 0 Å². The Kier molecular flexibility index (Phi) is 3.48. The minimum atomic E-state index is -0.160. The summed E-state index contributed by atoms with van der Waals surface area (Å²) >= 11 is 0. The van der Waals surface area contributed by atoms with Crippen molar-refractivity contribution < 1.29 is 9.31 Å². The largest absolute Gasteiger partial charge is 0.454 e. The van der Waals surface area contributed by atoms with Crippen molar-refractivity contribution in [1.29, 1.82) is 5.41 Å². The molecular weight excluding hydrogens is 153 g/mol. The monoisotopic (exact) mass is 171 g/mol. The van der Waals surface area contributed by atoms with Gasteiger partial charge in [0.05, 0.1) is 11.2 Å². The molecule has 1 aliphatic rings. The van der Waals surface area contributed by atoms with E-state index in [2.05, 4.69) is 34.4 Å². The zero-order valence-corrected chi connectivity index (χ0v) is 8.60. The average Bonchev–Trinajstić information content (AvgIpc) is 2.04. The van der Waals surface area contributed by atoms with E-state index in [1.165, 1.54) is 0 Å². The molecule has 0 unspecified atom stereocenters. The molecule has 1 aliphatic heterocycles. The molecule has 1 fully saturated rings. The molecule has 0 atom stereocenters. The summed E-state index contributed by atoms with van der Waals surface area (Å²) in [4.78, 5) is 0. The molecule has 70 valence electrons. The van der Waals surface area contributed by atoms with Gasteiger partial charge in [-0.15, -0.1) is 0 Å².